The summed E-state index contributed by atoms with van der Waals surface area (Å²) in [7, 11) is -3.11. The zero-order chi connectivity index (χ0) is 18.4. The van der Waals surface area contributed by atoms with E-state index in [1.54, 1.807) is 0 Å². The maximum atomic E-state index is 6.50. The Balaban J connectivity index is 3.31. The molecular formula is C17H40BNO2Si2. The highest BCUT2D eigenvalue weighted by molar-refractivity contribution is 6.90. The summed E-state index contributed by atoms with van der Waals surface area (Å²) in [6.45, 7) is 28.1. The number of hydrogen-bond acceptors (Lipinski definition) is 3. The van der Waals surface area contributed by atoms with Crippen molar-refractivity contribution in [2.75, 3.05) is 0 Å². The summed E-state index contributed by atoms with van der Waals surface area (Å²) in [5.41, 5.74) is -0.512. The van der Waals surface area contributed by atoms with Gasteiger partial charge in [0.15, 0.2) is 0 Å². The molecule has 1 aliphatic heterocycles. The van der Waals surface area contributed by atoms with E-state index in [1.165, 1.54) is 0 Å². The molecule has 0 bridgehead atoms. The molecule has 0 aromatic heterocycles. The second-order valence-corrected chi connectivity index (χ2v) is 20.3. The molecule has 0 aromatic rings. The van der Waals surface area contributed by atoms with Crippen molar-refractivity contribution < 1.29 is 9.31 Å². The molecule has 1 saturated heterocycles. The third-order valence-corrected chi connectivity index (χ3v) is 13.0. The van der Waals surface area contributed by atoms with E-state index in [9.17, 15) is 0 Å². The van der Waals surface area contributed by atoms with Crippen molar-refractivity contribution in [3.8, 4) is 0 Å². The predicted octanol–water partition coefficient (Wildman–Crippen LogP) is 5.00. The quantitative estimate of drug-likeness (QED) is 0.624. The highest BCUT2D eigenvalue weighted by atomic mass is 28.4. The van der Waals surface area contributed by atoms with Crippen LogP contribution in [0.2, 0.25) is 39.3 Å². The van der Waals surface area contributed by atoms with Gasteiger partial charge in [-0.05, 0) is 33.6 Å². The molecule has 2 unspecified atom stereocenters. The second kappa shape index (κ2) is 6.60. The smallest absolute Gasteiger partial charge is 0.402 e. The molecule has 2 atom stereocenters. The Kier molecular flexibility index (Phi) is 6.14. The number of rotatable bonds is 6. The van der Waals surface area contributed by atoms with E-state index >= 15 is 0 Å². The summed E-state index contributed by atoms with van der Waals surface area (Å²) in [5.74, 6) is 0.905. The maximum Gasteiger partial charge on any atom is 0.475 e. The van der Waals surface area contributed by atoms with Gasteiger partial charge in [-0.25, -0.2) is 0 Å². The van der Waals surface area contributed by atoms with Crippen LogP contribution in [0.5, 0.6) is 0 Å². The average Bonchev–Trinajstić information content (AvgIpc) is 2.50. The highest BCUT2D eigenvalue weighted by Crippen LogP contribution is 2.41. The Labute approximate surface area is 147 Å². The molecule has 0 amide bonds. The molecule has 0 aliphatic carbocycles. The van der Waals surface area contributed by atoms with Crippen LogP contribution in [-0.2, 0) is 9.31 Å². The molecule has 6 heteroatoms. The predicted molar refractivity (Wildman–Crippen MR) is 108 cm³/mol. The van der Waals surface area contributed by atoms with Crippen molar-refractivity contribution in [1.82, 2.24) is 4.23 Å². The van der Waals surface area contributed by atoms with Gasteiger partial charge >= 0.3 is 7.12 Å². The van der Waals surface area contributed by atoms with Crippen molar-refractivity contribution in [3.05, 3.63) is 0 Å². The normalized spacial score (nSPS) is 24.1. The molecule has 3 nitrogen and oxygen atoms in total. The van der Waals surface area contributed by atoms with Gasteiger partial charge in [0.05, 0.1) is 11.2 Å². The summed E-state index contributed by atoms with van der Waals surface area (Å²) in [6, 6.07) is 0. The molecule has 23 heavy (non-hydrogen) atoms. The summed E-state index contributed by atoms with van der Waals surface area (Å²) < 4.78 is 15.9. The Morgan fingerprint density at radius 2 is 1.22 bits per heavy atom. The Morgan fingerprint density at radius 3 is 1.48 bits per heavy atom. The largest absolute Gasteiger partial charge is 0.475 e. The topological polar surface area (TPSA) is 21.7 Å². The lowest BCUT2D eigenvalue weighted by Crippen LogP contribution is -2.68. The molecule has 1 rings (SSSR count). The summed E-state index contributed by atoms with van der Waals surface area (Å²) in [6.07, 6.45) is 1.15. The lowest BCUT2D eigenvalue weighted by Gasteiger charge is -2.51. The minimum atomic E-state index is -1.49. The molecule has 0 spiro atoms. The first-order valence-corrected chi connectivity index (χ1v) is 16.1. The molecule has 0 aromatic carbocycles. The zero-order valence-corrected chi connectivity index (χ0v) is 19.7. The van der Waals surface area contributed by atoms with Crippen LogP contribution < -0.4 is 0 Å². The van der Waals surface area contributed by atoms with Gasteiger partial charge in [-0.15, -0.1) is 0 Å². The number of hydrogen-bond donors (Lipinski definition) is 0. The Hall–Kier alpha value is 0.379. The minimum Gasteiger partial charge on any atom is -0.402 e. The fourth-order valence-electron chi connectivity index (χ4n) is 3.81. The molecule has 0 radical (unpaired) electrons. The van der Waals surface area contributed by atoms with Crippen LogP contribution in [0, 0.1) is 5.92 Å². The van der Waals surface area contributed by atoms with Crippen molar-refractivity contribution >= 4 is 23.6 Å². The highest BCUT2D eigenvalue weighted by Gasteiger charge is 2.57. The minimum absolute atomic E-state index is 0.131. The first kappa shape index (κ1) is 21.4. The fraction of sp³-hybridized carbons (Fsp3) is 1.00. The lowest BCUT2D eigenvalue weighted by molar-refractivity contribution is 0.00578. The van der Waals surface area contributed by atoms with E-state index in [4.69, 9.17) is 9.31 Å². The summed E-state index contributed by atoms with van der Waals surface area (Å²) in [5, 5.41) is 0. The molecule has 1 fully saturated rings. The summed E-state index contributed by atoms with van der Waals surface area (Å²) >= 11 is 0. The van der Waals surface area contributed by atoms with Crippen molar-refractivity contribution in [1.29, 1.82) is 0 Å². The van der Waals surface area contributed by atoms with E-state index < -0.39 is 16.5 Å². The van der Waals surface area contributed by atoms with E-state index in [1.807, 2.05) is 0 Å². The second-order valence-electron chi connectivity index (χ2n) is 10.2. The van der Waals surface area contributed by atoms with Crippen LogP contribution in [-0.4, -0.2) is 45.0 Å². The van der Waals surface area contributed by atoms with E-state index in [0.29, 0.717) is 11.9 Å². The van der Waals surface area contributed by atoms with Crippen molar-refractivity contribution in [2.45, 2.75) is 104 Å². The lowest BCUT2D eigenvalue weighted by atomic mass is 9.71. The van der Waals surface area contributed by atoms with Gasteiger partial charge in [0.1, 0.15) is 16.5 Å². The van der Waals surface area contributed by atoms with Gasteiger partial charge in [0.25, 0.3) is 0 Å². The van der Waals surface area contributed by atoms with E-state index in [-0.39, 0.29) is 18.3 Å². The van der Waals surface area contributed by atoms with Gasteiger partial charge in [0.2, 0.25) is 0 Å². The van der Waals surface area contributed by atoms with Crippen molar-refractivity contribution in [2.24, 2.45) is 5.92 Å². The average molecular weight is 357 g/mol. The fourth-order valence-corrected chi connectivity index (χ4v) is 14.4. The maximum absolute atomic E-state index is 6.50. The standard InChI is InChI=1S/C17H40BNO2Si2/c1-13-14(2)15(19(22(7,8)9)23(10,11)12)18-20-16(3,4)17(5,6)21-18/h14-15H,13H2,1-12H3. The van der Waals surface area contributed by atoms with Crippen LogP contribution in [0.15, 0.2) is 0 Å². The van der Waals surface area contributed by atoms with Crippen molar-refractivity contribution in [3.63, 3.8) is 0 Å². The Bertz CT molecular complexity index is 386. The molecule has 0 saturated carbocycles. The first-order chi connectivity index (χ1) is 10.0. The van der Waals surface area contributed by atoms with E-state index in [0.717, 1.165) is 6.42 Å². The van der Waals surface area contributed by atoms with Crippen LogP contribution >= 0.6 is 0 Å². The molecule has 1 heterocycles. The SMILES string of the molecule is CCC(C)C(B1OC(C)(C)C(C)(C)O1)N([Si](C)(C)C)[Si](C)(C)C. The van der Waals surface area contributed by atoms with Gasteiger partial charge in [-0.3, -0.25) is 0 Å². The van der Waals surface area contributed by atoms with Gasteiger partial charge in [0, 0.05) is 5.94 Å². The monoisotopic (exact) mass is 357 g/mol. The molecule has 0 N–H and O–H groups in total. The third kappa shape index (κ3) is 4.51. The third-order valence-electron chi connectivity index (χ3n) is 5.52. The van der Waals surface area contributed by atoms with Gasteiger partial charge in [-0.2, -0.15) is 0 Å². The van der Waals surface area contributed by atoms with Crippen LogP contribution in [0.3, 0.4) is 0 Å². The number of nitrogens with zero attached hydrogens (tertiary/aromatic N) is 1. The van der Waals surface area contributed by atoms with Crippen LogP contribution in [0.1, 0.15) is 48.0 Å². The zero-order valence-electron chi connectivity index (χ0n) is 17.7. The van der Waals surface area contributed by atoms with E-state index in [2.05, 4.69) is 85.1 Å². The molecular weight excluding hydrogens is 317 g/mol. The first-order valence-electron chi connectivity index (χ1n) is 9.19. The summed E-state index contributed by atoms with van der Waals surface area (Å²) in [4.78, 5) is 0. The molecule has 1 aliphatic rings. The Morgan fingerprint density at radius 1 is 0.870 bits per heavy atom. The molecule has 136 valence electrons. The van der Waals surface area contributed by atoms with Gasteiger partial charge < -0.3 is 13.5 Å². The van der Waals surface area contributed by atoms with Crippen LogP contribution in [0.25, 0.3) is 0 Å². The van der Waals surface area contributed by atoms with Crippen LogP contribution in [0.4, 0.5) is 0 Å². The van der Waals surface area contributed by atoms with Gasteiger partial charge in [-0.1, -0.05) is 59.6 Å².